The van der Waals surface area contributed by atoms with Gasteiger partial charge in [-0.3, -0.25) is 9.59 Å². The largest absolute Gasteiger partial charge is 0.368 e. The van der Waals surface area contributed by atoms with E-state index in [0.29, 0.717) is 6.42 Å². The summed E-state index contributed by atoms with van der Waals surface area (Å²) < 4.78 is 0. The van der Waals surface area contributed by atoms with E-state index < -0.39 is 11.4 Å². The van der Waals surface area contributed by atoms with E-state index in [9.17, 15) is 9.59 Å². The molecule has 1 rings (SSSR count). The van der Waals surface area contributed by atoms with Gasteiger partial charge in [0.2, 0.25) is 11.8 Å². The Bertz CT molecular complexity index is 341. The second kappa shape index (κ2) is 5.26. The molecule has 104 valence electrons. The van der Waals surface area contributed by atoms with Crippen LogP contribution in [-0.4, -0.2) is 29.9 Å². The van der Waals surface area contributed by atoms with Crippen LogP contribution in [0.25, 0.3) is 0 Å². The molecule has 1 aliphatic heterocycles. The minimum Gasteiger partial charge on any atom is -0.368 e. The summed E-state index contributed by atoms with van der Waals surface area (Å²) in [7, 11) is 0. The normalized spacial score (nSPS) is 26.1. The SMILES string of the molecule is CCC(C)(NC(=O)C1NCCCC1(C)C)C(N)=O. The number of primary amides is 1. The molecule has 5 nitrogen and oxygen atoms in total. The van der Waals surface area contributed by atoms with Gasteiger partial charge in [0.15, 0.2) is 0 Å². The third kappa shape index (κ3) is 3.02. The zero-order chi connectivity index (χ0) is 14.0. The average molecular weight is 255 g/mol. The number of piperidine rings is 1. The lowest BCUT2D eigenvalue weighted by molar-refractivity contribution is -0.134. The molecule has 0 aliphatic carbocycles. The van der Waals surface area contributed by atoms with Crippen molar-refractivity contribution in [2.75, 3.05) is 6.54 Å². The lowest BCUT2D eigenvalue weighted by atomic mass is 9.77. The highest BCUT2D eigenvalue weighted by atomic mass is 16.2. The van der Waals surface area contributed by atoms with Crippen LogP contribution in [0, 0.1) is 5.41 Å². The van der Waals surface area contributed by atoms with Crippen molar-refractivity contribution in [3.05, 3.63) is 0 Å². The standard InChI is InChI=1S/C13H25N3O2/c1-5-13(4,11(14)18)16-10(17)9-12(2,3)7-6-8-15-9/h9,15H,5-8H2,1-4H3,(H2,14,18)(H,16,17). The van der Waals surface area contributed by atoms with Gasteiger partial charge in [-0.05, 0) is 38.1 Å². The Morgan fingerprint density at radius 2 is 2.11 bits per heavy atom. The maximum atomic E-state index is 12.3. The highest BCUT2D eigenvalue weighted by molar-refractivity contribution is 5.92. The Morgan fingerprint density at radius 1 is 1.50 bits per heavy atom. The third-order valence-corrected chi connectivity index (χ3v) is 4.04. The monoisotopic (exact) mass is 255 g/mol. The molecule has 1 saturated heterocycles. The van der Waals surface area contributed by atoms with Gasteiger partial charge in [-0.15, -0.1) is 0 Å². The summed E-state index contributed by atoms with van der Waals surface area (Å²) in [5.74, 6) is -0.630. The number of hydrogen-bond acceptors (Lipinski definition) is 3. The molecule has 5 heteroatoms. The quantitative estimate of drug-likeness (QED) is 0.685. The topological polar surface area (TPSA) is 84.2 Å². The summed E-state index contributed by atoms with van der Waals surface area (Å²) in [5.41, 5.74) is 4.28. The zero-order valence-electron chi connectivity index (χ0n) is 11.8. The summed E-state index contributed by atoms with van der Waals surface area (Å²) in [4.78, 5) is 23.7. The molecular weight excluding hydrogens is 230 g/mol. The molecule has 0 aromatic rings. The van der Waals surface area contributed by atoms with Crippen molar-refractivity contribution in [1.29, 1.82) is 0 Å². The second-order valence-corrected chi connectivity index (χ2v) is 6.02. The van der Waals surface area contributed by atoms with Gasteiger partial charge in [-0.2, -0.15) is 0 Å². The smallest absolute Gasteiger partial charge is 0.242 e. The molecule has 0 aromatic carbocycles. The van der Waals surface area contributed by atoms with Crippen LogP contribution < -0.4 is 16.4 Å². The second-order valence-electron chi connectivity index (χ2n) is 6.02. The predicted octanol–water partition coefficient (Wildman–Crippen LogP) is 0.535. The number of hydrogen-bond donors (Lipinski definition) is 3. The molecule has 2 unspecified atom stereocenters. The number of nitrogens with one attached hydrogen (secondary N) is 2. The van der Waals surface area contributed by atoms with E-state index in [0.717, 1.165) is 19.4 Å². The Kier molecular flexibility index (Phi) is 4.37. The summed E-state index contributed by atoms with van der Waals surface area (Å²) in [6, 6.07) is -0.267. The van der Waals surface area contributed by atoms with E-state index in [1.807, 2.05) is 6.92 Å². The fourth-order valence-corrected chi connectivity index (χ4v) is 2.33. The Morgan fingerprint density at radius 3 is 2.56 bits per heavy atom. The lowest BCUT2D eigenvalue weighted by Gasteiger charge is -2.40. The summed E-state index contributed by atoms with van der Waals surface area (Å²) in [6.07, 6.45) is 2.55. The van der Waals surface area contributed by atoms with Crippen LogP contribution in [0.15, 0.2) is 0 Å². The van der Waals surface area contributed by atoms with Gasteiger partial charge in [0.1, 0.15) is 5.54 Å². The van der Waals surface area contributed by atoms with Crippen LogP contribution >= 0.6 is 0 Å². The zero-order valence-corrected chi connectivity index (χ0v) is 11.8. The van der Waals surface area contributed by atoms with Crippen LogP contribution in [0.5, 0.6) is 0 Å². The fourth-order valence-electron chi connectivity index (χ4n) is 2.33. The molecule has 0 aromatic heterocycles. The van der Waals surface area contributed by atoms with Gasteiger partial charge in [0, 0.05) is 0 Å². The molecule has 0 bridgehead atoms. The van der Waals surface area contributed by atoms with E-state index in [1.165, 1.54) is 0 Å². The van der Waals surface area contributed by atoms with Gasteiger partial charge >= 0.3 is 0 Å². The van der Waals surface area contributed by atoms with Crippen LogP contribution in [0.1, 0.15) is 47.0 Å². The first kappa shape index (κ1) is 15.0. The molecule has 1 heterocycles. The van der Waals surface area contributed by atoms with Crippen LogP contribution in [0.4, 0.5) is 0 Å². The first-order chi connectivity index (χ1) is 8.23. The molecule has 0 saturated carbocycles. The van der Waals surface area contributed by atoms with Gasteiger partial charge < -0.3 is 16.4 Å². The summed E-state index contributed by atoms with van der Waals surface area (Å²) in [6.45, 7) is 8.47. The van der Waals surface area contributed by atoms with Gasteiger partial charge in [-0.1, -0.05) is 20.8 Å². The number of amides is 2. The van der Waals surface area contributed by atoms with Crippen molar-refractivity contribution in [2.24, 2.45) is 11.1 Å². The lowest BCUT2D eigenvalue weighted by Crippen LogP contribution is -2.62. The van der Waals surface area contributed by atoms with Crippen molar-refractivity contribution < 1.29 is 9.59 Å². The number of carbonyl (C=O) groups is 2. The number of rotatable bonds is 4. The maximum Gasteiger partial charge on any atom is 0.242 e. The number of nitrogens with two attached hydrogens (primary N) is 1. The molecule has 2 amide bonds. The van der Waals surface area contributed by atoms with Gasteiger partial charge in [-0.25, -0.2) is 0 Å². The first-order valence-corrected chi connectivity index (χ1v) is 6.58. The third-order valence-electron chi connectivity index (χ3n) is 4.04. The summed E-state index contributed by atoms with van der Waals surface area (Å²) >= 11 is 0. The van der Waals surface area contributed by atoms with Gasteiger partial charge in [0.05, 0.1) is 6.04 Å². The maximum absolute atomic E-state index is 12.3. The first-order valence-electron chi connectivity index (χ1n) is 6.58. The molecule has 2 atom stereocenters. The molecule has 18 heavy (non-hydrogen) atoms. The van der Waals surface area contributed by atoms with E-state index in [-0.39, 0.29) is 17.4 Å². The van der Waals surface area contributed by atoms with Crippen molar-refractivity contribution in [2.45, 2.75) is 58.5 Å². The minimum absolute atomic E-state index is 0.103. The van der Waals surface area contributed by atoms with Crippen molar-refractivity contribution in [3.8, 4) is 0 Å². The Hall–Kier alpha value is -1.10. The molecule has 0 radical (unpaired) electrons. The van der Waals surface area contributed by atoms with Crippen LogP contribution in [0.2, 0.25) is 0 Å². The molecule has 1 aliphatic rings. The minimum atomic E-state index is -0.966. The van der Waals surface area contributed by atoms with E-state index in [1.54, 1.807) is 6.92 Å². The van der Waals surface area contributed by atoms with Gasteiger partial charge in [0.25, 0.3) is 0 Å². The van der Waals surface area contributed by atoms with Crippen LogP contribution in [-0.2, 0) is 9.59 Å². The van der Waals surface area contributed by atoms with E-state index in [2.05, 4.69) is 24.5 Å². The molecule has 4 N–H and O–H groups in total. The van der Waals surface area contributed by atoms with Crippen LogP contribution in [0.3, 0.4) is 0 Å². The van der Waals surface area contributed by atoms with E-state index in [4.69, 9.17) is 5.73 Å². The number of carbonyl (C=O) groups excluding carboxylic acids is 2. The highest BCUT2D eigenvalue weighted by Crippen LogP contribution is 2.30. The highest BCUT2D eigenvalue weighted by Gasteiger charge is 2.40. The Labute approximate surface area is 109 Å². The van der Waals surface area contributed by atoms with E-state index >= 15 is 0 Å². The van der Waals surface area contributed by atoms with Crippen molar-refractivity contribution >= 4 is 11.8 Å². The summed E-state index contributed by atoms with van der Waals surface area (Å²) in [5, 5.41) is 6.02. The van der Waals surface area contributed by atoms with Crippen molar-refractivity contribution in [1.82, 2.24) is 10.6 Å². The average Bonchev–Trinajstić information content (AvgIpc) is 2.27. The predicted molar refractivity (Wildman–Crippen MR) is 70.8 cm³/mol. The molecule has 1 fully saturated rings. The van der Waals surface area contributed by atoms with Crippen molar-refractivity contribution in [3.63, 3.8) is 0 Å². The Balaban J connectivity index is 2.78. The fraction of sp³-hybridized carbons (Fsp3) is 0.846. The molecular formula is C13H25N3O2. The molecule has 0 spiro atoms.